The molecular weight excluding hydrogens is 374 g/mol. The normalized spacial score (nSPS) is 11.6. The van der Waals surface area contributed by atoms with Crippen LogP contribution < -0.4 is 4.72 Å². The van der Waals surface area contributed by atoms with E-state index in [-0.39, 0.29) is 0 Å². The smallest absolute Gasteiger partial charge is 0.211 e. The van der Waals surface area contributed by atoms with Gasteiger partial charge in [0.25, 0.3) is 0 Å². The molecule has 0 spiro atoms. The van der Waals surface area contributed by atoms with E-state index in [9.17, 15) is 8.42 Å². The van der Waals surface area contributed by atoms with Crippen molar-refractivity contribution in [3.05, 3.63) is 63.1 Å². The number of hydrogen-bond acceptors (Lipinski definition) is 2. The van der Waals surface area contributed by atoms with Crippen molar-refractivity contribution in [1.82, 2.24) is 4.72 Å². The highest BCUT2D eigenvalue weighted by Gasteiger charge is 2.16. The van der Waals surface area contributed by atoms with Crippen LogP contribution in [0.2, 0.25) is 5.02 Å². The van der Waals surface area contributed by atoms with Crippen molar-refractivity contribution in [1.29, 1.82) is 0 Å². The fraction of sp³-hybridized carbons (Fsp3) is 0.200. The topological polar surface area (TPSA) is 46.2 Å². The molecule has 21 heavy (non-hydrogen) atoms. The standard InChI is InChI=1S/C15H15BrClNO2S/c1-11-5-6-13(16)10-15(11)21(19,20)18-8-7-12-3-2-4-14(17)9-12/h2-6,9-10,18H,7-8H2,1H3. The van der Waals surface area contributed by atoms with Crippen LogP contribution in [0, 0.1) is 6.92 Å². The van der Waals surface area contributed by atoms with Gasteiger partial charge in [-0.25, -0.2) is 13.1 Å². The largest absolute Gasteiger partial charge is 0.240 e. The molecule has 0 aliphatic carbocycles. The zero-order valence-electron chi connectivity index (χ0n) is 11.4. The van der Waals surface area contributed by atoms with Crippen molar-refractivity contribution in [3.63, 3.8) is 0 Å². The first-order chi connectivity index (χ1) is 9.88. The molecule has 3 nitrogen and oxygen atoms in total. The summed E-state index contributed by atoms with van der Waals surface area (Å²) in [6.45, 7) is 2.10. The molecule has 0 radical (unpaired) electrons. The third-order valence-corrected chi connectivity index (χ3v) is 5.37. The maximum Gasteiger partial charge on any atom is 0.240 e. The zero-order valence-corrected chi connectivity index (χ0v) is 14.6. The van der Waals surface area contributed by atoms with E-state index >= 15 is 0 Å². The molecular formula is C15H15BrClNO2S. The van der Waals surface area contributed by atoms with Gasteiger partial charge in [0.05, 0.1) is 4.90 Å². The Bertz CT molecular complexity index is 747. The molecule has 0 saturated heterocycles. The minimum Gasteiger partial charge on any atom is -0.211 e. The lowest BCUT2D eigenvalue weighted by Crippen LogP contribution is -2.26. The lowest BCUT2D eigenvalue weighted by atomic mass is 10.2. The van der Waals surface area contributed by atoms with E-state index in [1.165, 1.54) is 0 Å². The van der Waals surface area contributed by atoms with Gasteiger partial charge in [0, 0.05) is 16.0 Å². The zero-order chi connectivity index (χ0) is 15.5. The molecule has 2 aromatic carbocycles. The summed E-state index contributed by atoms with van der Waals surface area (Å²) in [5, 5.41) is 0.651. The molecule has 112 valence electrons. The van der Waals surface area contributed by atoms with Gasteiger partial charge in [-0.05, 0) is 48.7 Å². The first kappa shape index (κ1) is 16.5. The molecule has 0 aliphatic rings. The van der Waals surface area contributed by atoms with E-state index in [4.69, 9.17) is 11.6 Å². The van der Waals surface area contributed by atoms with Crippen molar-refractivity contribution in [2.45, 2.75) is 18.2 Å². The quantitative estimate of drug-likeness (QED) is 0.843. The first-order valence-electron chi connectivity index (χ1n) is 6.39. The van der Waals surface area contributed by atoms with Gasteiger partial charge in [0.1, 0.15) is 0 Å². The summed E-state index contributed by atoms with van der Waals surface area (Å²) < 4.78 is 28.0. The summed E-state index contributed by atoms with van der Waals surface area (Å²) in [7, 11) is -3.51. The minimum absolute atomic E-state index is 0.294. The number of sulfonamides is 1. The van der Waals surface area contributed by atoms with Gasteiger partial charge in [0.2, 0.25) is 10.0 Å². The van der Waals surface area contributed by atoms with Crippen LogP contribution in [0.15, 0.2) is 51.8 Å². The SMILES string of the molecule is Cc1ccc(Br)cc1S(=O)(=O)NCCc1cccc(Cl)c1. The molecule has 0 heterocycles. The van der Waals surface area contributed by atoms with Gasteiger partial charge in [-0.1, -0.05) is 45.7 Å². The van der Waals surface area contributed by atoms with Gasteiger partial charge >= 0.3 is 0 Å². The second-order valence-electron chi connectivity index (χ2n) is 4.69. The van der Waals surface area contributed by atoms with Crippen LogP contribution in [0.3, 0.4) is 0 Å². The Balaban J connectivity index is 2.06. The highest BCUT2D eigenvalue weighted by molar-refractivity contribution is 9.10. The van der Waals surface area contributed by atoms with Crippen LogP contribution in [0.25, 0.3) is 0 Å². The van der Waals surface area contributed by atoms with E-state index in [0.717, 1.165) is 10.0 Å². The van der Waals surface area contributed by atoms with Crippen molar-refractivity contribution in [3.8, 4) is 0 Å². The van der Waals surface area contributed by atoms with Crippen LogP contribution >= 0.6 is 27.5 Å². The molecule has 6 heteroatoms. The van der Waals surface area contributed by atoms with Crippen molar-refractivity contribution in [2.75, 3.05) is 6.54 Å². The molecule has 0 fully saturated rings. The number of hydrogen-bond donors (Lipinski definition) is 1. The molecule has 0 atom stereocenters. The Labute approximate surface area is 138 Å². The Hall–Kier alpha value is -0.880. The number of aryl methyl sites for hydroxylation is 1. The fourth-order valence-electron chi connectivity index (χ4n) is 1.96. The van der Waals surface area contributed by atoms with Crippen molar-refractivity contribution < 1.29 is 8.42 Å². The number of nitrogens with one attached hydrogen (secondary N) is 1. The van der Waals surface area contributed by atoms with Crippen LogP contribution in [-0.4, -0.2) is 15.0 Å². The van der Waals surface area contributed by atoms with Gasteiger partial charge < -0.3 is 0 Å². The Morgan fingerprint density at radius 2 is 1.95 bits per heavy atom. The monoisotopic (exact) mass is 387 g/mol. The predicted octanol–water partition coefficient (Wildman–Crippen LogP) is 3.93. The lowest BCUT2D eigenvalue weighted by Gasteiger charge is -2.10. The van der Waals surface area contributed by atoms with Crippen molar-refractivity contribution in [2.24, 2.45) is 0 Å². The van der Waals surface area contributed by atoms with E-state index in [0.29, 0.717) is 28.4 Å². The molecule has 2 rings (SSSR count). The third-order valence-electron chi connectivity index (χ3n) is 3.03. The highest BCUT2D eigenvalue weighted by atomic mass is 79.9. The van der Waals surface area contributed by atoms with Crippen LogP contribution in [-0.2, 0) is 16.4 Å². The van der Waals surface area contributed by atoms with Crippen LogP contribution in [0.5, 0.6) is 0 Å². The summed E-state index contributed by atoms with van der Waals surface area (Å²) in [4.78, 5) is 0.294. The molecule has 1 N–H and O–H groups in total. The molecule has 0 saturated carbocycles. The average Bonchev–Trinajstić information content (AvgIpc) is 2.41. The van der Waals surface area contributed by atoms with Gasteiger partial charge in [-0.2, -0.15) is 0 Å². The predicted molar refractivity (Wildman–Crippen MR) is 89.2 cm³/mol. The Morgan fingerprint density at radius 1 is 1.19 bits per heavy atom. The molecule has 0 unspecified atom stereocenters. The fourth-order valence-corrected chi connectivity index (χ4v) is 3.99. The third kappa shape index (κ3) is 4.54. The molecule has 0 bridgehead atoms. The van der Waals surface area contributed by atoms with Gasteiger partial charge in [-0.3, -0.25) is 0 Å². The van der Waals surface area contributed by atoms with E-state index in [2.05, 4.69) is 20.7 Å². The maximum atomic E-state index is 12.3. The molecule has 0 amide bonds. The molecule has 2 aromatic rings. The Morgan fingerprint density at radius 3 is 2.67 bits per heavy atom. The summed E-state index contributed by atoms with van der Waals surface area (Å²) in [6, 6.07) is 12.6. The summed E-state index contributed by atoms with van der Waals surface area (Å²) in [5.41, 5.74) is 1.71. The number of benzene rings is 2. The molecule has 0 aromatic heterocycles. The van der Waals surface area contributed by atoms with Crippen molar-refractivity contribution >= 4 is 37.6 Å². The van der Waals surface area contributed by atoms with Gasteiger partial charge in [0.15, 0.2) is 0 Å². The summed E-state index contributed by atoms with van der Waals surface area (Å²) in [5.74, 6) is 0. The van der Waals surface area contributed by atoms with E-state index in [1.54, 1.807) is 25.1 Å². The summed E-state index contributed by atoms with van der Waals surface area (Å²) in [6.07, 6.45) is 0.590. The highest BCUT2D eigenvalue weighted by Crippen LogP contribution is 2.20. The minimum atomic E-state index is -3.51. The second-order valence-corrected chi connectivity index (χ2v) is 7.78. The van der Waals surface area contributed by atoms with E-state index < -0.39 is 10.0 Å². The number of halogens is 2. The Kier molecular flexibility index (Phi) is 5.43. The first-order valence-corrected chi connectivity index (χ1v) is 9.04. The summed E-state index contributed by atoms with van der Waals surface area (Å²) >= 11 is 9.20. The molecule has 0 aliphatic heterocycles. The van der Waals surface area contributed by atoms with Crippen LogP contribution in [0.4, 0.5) is 0 Å². The second kappa shape index (κ2) is 6.92. The number of rotatable bonds is 5. The maximum absolute atomic E-state index is 12.3. The van der Waals surface area contributed by atoms with Crippen LogP contribution in [0.1, 0.15) is 11.1 Å². The van der Waals surface area contributed by atoms with E-state index in [1.807, 2.05) is 24.3 Å². The van der Waals surface area contributed by atoms with Gasteiger partial charge in [-0.15, -0.1) is 0 Å². The lowest BCUT2D eigenvalue weighted by molar-refractivity contribution is 0.581. The average molecular weight is 389 g/mol.